The third-order valence-corrected chi connectivity index (χ3v) is 6.95. The van der Waals surface area contributed by atoms with Crippen LogP contribution in [0.3, 0.4) is 0 Å². The number of benzene rings is 3. The van der Waals surface area contributed by atoms with Gasteiger partial charge >= 0.3 is 0 Å². The smallest absolute Gasteiger partial charge is 0.0777 e. The van der Waals surface area contributed by atoms with Gasteiger partial charge in [-0.3, -0.25) is 4.98 Å². The van der Waals surface area contributed by atoms with E-state index in [2.05, 4.69) is 58.1 Å². The first-order valence-corrected chi connectivity index (χ1v) is 12.4. The van der Waals surface area contributed by atoms with Gasteiger partial charge in [0.1, 0.15) is 0 Å². The van der Waals surface area contributed by atoms with Crippen molar-refractivity contribution in [3.63, 3.8) is 0 Å². The molecule has 0 amide bonds. The van der Waals surface area contributed by atoms with Crippen LogP contribution in [-0.4, -0.2) is 14.5 Å². The molecule has 0 bridgehead atoms. The third-order valence-electron chi connectivity index (χ3n) is 6.95. The molecule has 3 heterocycles. The van der Waals surface area contributed by atoms with Crippen molar-refractivity contribution < 1.29 is 20.1 Å². The fraction of sp³-hybridized carbons (Fsp3) is 0.188. The first-order chi connectivity index (χ1) is 17.4. The summed E-state index contributed by atoms with van der Waals surface area (Å²) in [6.45, 7) is 0.898. The Morgan fingerprint density at radius 2 is 1.56 bits per heavy atom. The fourth-order valence-electron chi connectivity index (χ4n) is 5.30. The minimum absolute atomic E-state index is 0. The molecule has 2 aromatic heterocycles. The molecule has 0 atom stereocenters. The van der Waals surface area contributed by atoms with E-state index in [1.165, 1.54) is 42.3 Å². The molecule has 1 aliphatic heterocycles. The Morgan fingerprint density at radius 3 is 2.25 bits per heavy atom. The second-order valence-electron chi connectivity index (χ2n) is 9.13. The van der Waals surface area contributed by atoms with Gasteiger partial charge < -0.3 is 9.55 Å². The molecule has 0 saturated heterocycles. The van der Waals surface area contributed by atoms with Crippen LogP contribution >= 0.6 is 0 Å². The molecular weight excluding hydrogens is 619 g/mol. The van der Waals surface area contributed by atoms with Crippen LogP contribution in [0, 0.1) is 12.1 Å². The van der Waals surface area contributed by atoms with Crippen molar-refractivity contribution >= 4 is 17.1 Å². The summed E-state index contributed by atoms with van der Waals surface area (Å²) >= 11 is 0. The van der Waals surface area contributed by atoms with E-state index in [-0.39, 0.29) is 20.1 Å². The van der Waals surface area contributed by atoms with Crippen LogP contribution in [0.25, 0.3) is 39.8 Å². The molecule has 0 N–H and O–H groups in total. The van der Waals surface area contributed by atoms with Gasteiger partial charge in [-0.05, 0) is 42.1 Å². The first kappa shape index (κ1) is 24.4. The van der Waals surface area contributed by atoms with Crippen molar-refractivity contribution in [2.45, 2.75) is 38.1 Å². The number of pyridine rings is 1. The van der Waals surface area contributed by atoms with Gasteiger partial charge in [-0.15, -0.1) is 71.8 Å². The Hall–Kier alpha value is -3.33. The molecule has 1 fully saturated rings. The van der Waals surface area contributed by atoms with Crippen molar-refractivity contribution in [3.8, 4) is 22.6 Å². The van der Waals surface area contributed by atoms with Crippen LogP contribution in [0.4, 0.5) is 0 Å². The fourth-order valence-corrected chi connectivity index (χ4v) is 5.30. The SMILES string of the molecule is [Ir].[c-]1ccccc1-c1ccccn1.[c-]1ccccc1-c1nc2ccc(C3CCCC3)c3c2n1CC=C3. The molecule has 1 saturated carbocycles. The van der Waals surface area contributed by atoms with Crippen molar-refractivity contribution in [3.05, 3.63) is 114 Å². The molecule has 3 aromatic carbocycles. The first-order valence-electron chi connectivity index (χ1n) is 12.4. The number of allylic oxidation sites excluding steroid dienone is 1. The second-order valence-corrected chi connectivity index (χ2v) is 9.13. The van der Waals surface area contributed by atoms with E-state index in [1.54, 1.807) is 6.20 Å². The van der Waals surface area contributed by atoms with Crippen LogP contribution in [0.2, 0.25) is 0 Å². The average Bonchev–Trinajstić information content (AvgIpc) is 3.61. The largest absolute Gasteiger partial charge is 0.360 e. The van der Waals surface area contributed by atoms with E-state index >= 15 is 0 Å². The van der Waals surface area contributed by atoms with E-state index in [1.807, 2.05) is 54.6 Å². The van der Waals surface area contributed by atoms with E-state index in [0.717, 1.165) is 40.6 Å². The Labute approximate surface area is 226 Å². The minimum atomic E-state index is 0. The maximum atomic E-state index is 4.91. The van der Waals surface area contributed by atoms with Gasteiger partial charge in [-0.25, -0.2) is 0 Å². The quantitative estimate of drug-likeness (QED) is 0.188. The number of nitrogens with zero attached hydrogens (tertiary/aromatic N) is 3. The predicted molar refractivity (Wildman–Crippen MR) is 143 cm³/mol. The molecule has 1 aliphatic carbocycles. The van der Waals surface area contributed by atoms with Crippen molar-refractivity contribution in [1.82, 2.24) is 14.5 Å². The van der Waals surface area contributed by atoms with E-state index in [9.17, 15) is 0 Å². The number of rotatable bonds is 3. The topological polar surface area (TPSA) is 30.7 Å². The molecule has 4 heteroatoms. The summed E-state index contributed by atoms with van der Waals surface area (Å²) < 4.78 is 2.36. The average molecular weight is 646 g/mol. The summed E-state index contributed by atoms with van der Waals surface area (Å²) in [4.78, 5) is 9.13. The molecule has 2 aliphatic rings. The van der Waals surface area contributed by atoms with Crippen LogP contribution in [-0.2, 0) is 26.7 Å². The van der Waals surface area contributed by atoms with Crippen molar-refractivity contribution in [2.24, 2.45) is 0 Å². The predicted octanol–water partition coefficient (Wildman–Crippen LogP) is 7.73. The second kappa shape index (κ2) is 11.2. The summed E-state index contributed by atoms with van der Waals surface area (Å²) in [5.74, 6) is 1.77. The zero-order chi connectivity index (χ0) is 23.5. The van der Waals surface area contributed by atoms with Gasteiger partial charge in [-0.1, -0.05) is 43.2 Å². The standard InChI is InChI=1S/C21H19N2.C11H8N.Ir/c1-2-9-16(10-3-1)21-22-19-13-12-17(15-7-4-5-8-15)18-11-6-14-23(21)20(18)19;1-2-6-10(7-3-1)11-8-4-5-9-12-11;/h1-3,6,9,11-13,15H,4-5,7-8,14H2;1-6,8-9H;/q2*-1;. The number of hydrogen-bond acceptors (Lipinski definition) is 2. The van der Waals surface area contributed by atoms with Gasteiger partial charge in [-0.2, -0.15) is 0 Å². The third kappa shape index (κ3) is 4.84. The summed E-state index contributed by atoms with van der Waals surface area (Å²) in [5, 5.41) is 0. The minimum Gasteiger partial charge on any atom is -0.360 e. The molecule has 7 rings (SSSR count). The molecule has 3 nitrogen and oxygen atoms in total. The summed E-state index contributed by atoms with van der Waals surface area (Å²) in [5.41, 5.74) is 8.43. The van der Waals surface area contributed by atoms with E-state index in [0.29, 0.717) is 0 Å². The van der Waals surface area contributed by atoms with Gasteiger partial charge in [0.25, 0.3) is 0 Å². The molecule has 0 unspecified atom stereocenters. The Kier molecular flexibility index (Phi) is 7.55. The molecule has 181 valence electrons. The summed E-state index contributed by atoms with van der Waals surface area (Å²) in [7, 11) is 0. The number of imidazole rings is 1. The van der Waals surface area contributed by atoms with E-state index in [4.69, 9.17) is 4.98 Å². The molecule has 0 spiro atoms. The Bertz CT molecular complexity index is 1410. The molecule has 5 aromatic rings. The van der Waals surface area contributed by atoms with Crippen LogP contribution in [0.1, 0.15) is 42.7 Å². The number of hydrogen-bond donors (Lipinski definition) is 0. The van der Waals surface area contributed by atoms with Crippen LogP contribution in [0.15, 0.2) is 91.1 Å². The van der Waals surface area contributed by atoms with Crippen molar-refractivity contribution in [2.75, 3.05) is 0 Å². The zero-order valence-electron chi connectivity index (χ0n) is 20.0. The maximum Gasteiger partial charge on any atom is 0.0777 e. The monoisotopic (exact) mass is 646 g/mol. The number of aromatic nitrogens is 3. The molecular formula is C32H27IrN3-2. The van der Waals surface area contributed by atoms with E-state index < -0.39 is 0 Å². The zero-order valence-corrected chi connectivity index (χ0v) is 22.4. The van der Waals surface area contributed by atoms with Gasteiger partial charge in [0.05, 0.1) is 16.9 Å². The van der Waals surface area contributed by atoms with Gasteiger partial charge in [0.15, 0.2) is 0 Å². The summed E-state index contributed by atoms with van der Waals surface area (Å²) in [6.07, 6.45) is 11.8. The van der Waals surface area contributed by atoms with Crippen LogP contribution in [0.5, 0.6) is 0 Å². The molecule has 36 heavy (non-hydrogen) atoms. The maximum absolute atomic E-state index is 4.91. The Morgan fingerprint density at radius 1 is 0.806 bits per heavy atom. The Balaban J connectivity index is 0.000000175. The van der Waals surface area contributed by atoms with Crippen LogP contribution < -0.4 is 0 Å². The summed E-state index contributed by atoms with van der Waals surface area (Å²) in [6, 6.07) is 32.8. The molecule has 1 radical (unpaired) electrons. The van der Waals surface area contributed by atoms with Gasteiger partial charge in [0.2, 0.25) is 0 Å². The normalized spacial score (nSPS) is 14.2. The van der Waals surface area contributed by atoms with Crippen molar-refractivity contribution in [1.29, 1.82) is 0 Å². The van der Waals surface area contributed by atoms with Gasteiger partial charge in [0, 0.05) is 38.4 Å².